The van der Waals surface area contributed by atoms with Crippen LogP contribution in [0.4, 0.5) is 0 Å². The second kappa shape index (κ2) is 6.73. The lowest BCUT2D eigenvalue weighted by molar-refractivity contribution is -0.138. The number of hydrogen-bond donors (Lipinski definition) is 0. The van der Waals surface area contributed by atoms with Crippen LogP contribution in [0.15, 0.2) is 18.3 Å². The summed E-state index contributed by atoms with van der Waals surface area (Å²) in [4.78, 5) is 14.0. The lowest BCUT2D eigenvalue weighted by Gasteiger charge is -2.24. The highest BCUT2D eigenvalue weighted by molar-refractivity contribution is 5.77. The molecule has 0 spiro atoms. The highest BCUT2D eigenvalue weighted by atomic mass is 16.5. The van der Waals surface area contributed by atoms with E-state index in [1.54, 1.807) is 0 Å². The maximum Gasteiger partial charge on any atom is 0.249 e. The first-order valence-electron chi connectivity index (χ1n) is 6.85. The van der Waals surface area contributed by atoms with Crippen LogP contribution in [0.1, 0.15) is 19.5 Å². The van der Waals surface area contributed by atoms with Crippen molar-refractivity contribution in [3.8, 4) is 0 Å². The first-order chi connectivity index (χ1) is 9.24. The Morgan fingerprint density at radius 3 is 2.95 bits per heavy atom. The molecule has 0 aliphatic carbocycles. The zero-order chi connectivity index (χ0) is 13.7. The fraction of sp³-hybridized carbons (Fsp3) is 0.643. The first kappa shape index (κ1) is 14.1. The molecule has 0 saturated carbocycles. The van der Waals surface area contributed by atoms with Crippen LogP contribution >= 0.6 is 0 Å². The number of amides is 1. The van der Waals surface area contributed by atoms with Gasteiger partial charge in [-0.3, -0.25) is 4.79 Å². The lowest BCUT2D eigenvalue weighted by Crippen LogP contribution is -2.39. The summed E-state index contributed by atoms with van der Waals surface area (Å²) in [5, 5.41) is 0. The van der Waals surface area contributed by atoms with Gasteiger partial charge in [-0.1, -0.05) is 0 Å². The molecule has 0 bridgehead atoms. The third-order valence-corrected chi connectivity index (χ3v) is 3.29. The van der Waals surface area contributed by atoms with E-state index in [-0.39, 0.29) is 18.6 Å². The molecular formula is C14H22N2O3. The molecule has 0 saturated heterocycles. The molecule has 19 heavy (non-hydrogen) atoms. The molecule has 5 nitrogen and oxygen atoms in total. The summed E-state index contributed by atoms with van der Waals surface area (Å²) in [6.45, 7) is 7.30. The Bertz CT molecular complexity index is 417. The van der Waals surface area contributed by atoms with Gasteiger partial charge < -0.3 is 18.9 Å². The first-order valence-corrected chi connectivity index (χ1v) is 6.85. The highest BCUT2D eigenvalue weighted by Gasteiger charge is 2.24. The van der Waals surface area contributed by atoms with E-state index in [2.05, 4.69) is 10.6 Å². The van der Waals surface area contributed by atoms with E-state index in [0.717, 1.165) is 12.2 Å². The Labute approximate surface area is 114 Å². The van der Waals surface area contributed by atoms with Crippen molar-refractivity contribution >= 4 is 5.91 Å². The molecule has 2 heterocycles. The Balaban J connectivity index is 2.08. The van der Waals surface area contributed by atoms with Crippen LogP contribution in [0, 0.1) is 0 Å². The van der Waals surface area contributed by atoms with Crippen molar-refractivity contribution in [1.29, 1.82) is 0 Å². The minimum Gasteiger partial charge on any atom is -0.375 e. The molecule has 1 aliphatic heterocycles. The van der Waals surface area contributed by atoms with Crippen LogP contribution in [-0.2, 0) is 27.4 Å². The Morgan fingerprint density at radius 1 is 1.37 bits per heavy atom. The van der Waals surface area contributed by atoms with E-state index < -0.39 is 0 Å². The van der Waals surface area contributed by atoms with E-state index >= 15 is 0 Å². The van der Waals surface area contributed by atoms with Gasteiger partial charge in [-0.25, -0.2) is 0 Å². The third kappa shape index (κ3) is 3.58. The summed E-state index contributed by atoms with van der Waals surface area (Å²) in [5.74, 6) is 0.0289. The van der Waals surface area contributed by atoms with Gasteiger partial charge in [0.1, 0.15) is 6.61 Å². The monoisotopic (exact) mass is 266 g/mol. The molecule has 0 unspecified atom stereocenters. The SMILES string of the molecule is CCOCC(=O)N1Cc2cccn2C[C@@H](OCC)C1. The maximum absolute atomic E-state index is 12.1. The van der Waals surface area contributed by atoms with Gasteiger partial charge in [-0.15, -0.1) is 0 Å². The zero-order valence-corrected chi connectivity index (χ0v) is 11.7. The summed E-state index contributed by atoms with van der Waals surface area (Å²) >= 11 is 0. The van der Waals surface area contributed by atoms with Crippen LogP contribution < -0.4 is 0 Å². The second-order valence-corrected chi connectivity index (χ2v) is 4.64. The summed E-state index contributed by atoms with van der Waals surface area (Å²) in [6, 6.07) is 4.06. The van der Waals surface area contributed by atoms with E-state index in [0.29, 0.717) is 26.3 Å². The maximum atomic E-state index is 12.1. The Morgan fingerprint density at radius 2 is 2.21 bits per heavy atom. The predicted octanol–water partition coefficient (Wildman–Crippen LogP) is 1.27. The molecular weight excluding hydrogens is 244 g/mol. The molecule has 2 rings (SSSR count). The van der Waals surface area contributed by atoms with Gasteiger partial charge in [0.25, 0.3) is 0 Å². The van der Waals surface area contributed by atoms with Crippen molar-refractivity contribution in [3.63, 3.8) is 0 Å². The average molecular weight is 266 g/mol. The minimum atomic E-state index is 0.0289. The third-order valence-electron chi connectivity index (χ3n) is 3.29. The van der Waals surface area contributed by atoms with E-state index in [4.69, 9.17) is 9.47 Å². The molecule has 106 valence electrons. The van der Waals surface area contributed by atoms with Crippen molar-refractivity contribution in [2.45, 2.75) is 33.0 Å². The molecule has 0 radical (unpaired) electrons. The number of nitrogens with zero attached hydrogens (tertiary/aromatic N) is 2. The van der Waals surface area contributed by atoms with Gasteiger partial charge in [-0.2, -0.15) is 0 Å². The largest absolute Gasteiger partial charge is 0.375 e. The van der Waals surface area contributed by atoms with Gasteiger partial charge in [0, 0.05) is 31.6 Å². The highest BCUT2D eigenvalue weighted by Crippen LogP contribution is 2.15. The summed E-state index contributed by atoms with van der Waals surface area (Å²) < 4.78 is 13.1. The molecule has 1 aliphatic rings. The topological polar surface area (TPSA) is 43.7 Å². The number of carbonyl (C=O) groups excluding carboxylic acids is 1. The van der Waals surface area contributed by atoms with Gasteiger partial charge in [0.05, 0.1) is 19.2 Å². The standard InChI is InChI=1S/C14H22N2O3/c1-3-18-11-14(17)16-8-12-6-5-7-15(12)9-13(10-16)19-4-2/h5-7,13H,3-4,8-11H2,1-2H3/t13-/m1/s1. The van der Waals surface area contributed by atoms with E-state index in [9.17, 15) is 4.79 Å². The van der Waals surface area contributed by atoms with E-state index in [1.807, 2.05) is 31.0 Å². The number of fused-ring (bicyclic) bond motifs is 1. The fourth-order valence-corrected chi connectivity index (χ4v) is 2.37. The summed E-state index contributed by atoms with van der Waals surface area (Å²) in [6.07, 6.45) is 2.09. The summed E-state index contributed by atoms with van der Waals surface area (Å²) in [5.41, 5.74) is 1.15. The molecule has 0 aromatic carbocycles. The van der Waals surface area contributed by atoms with Crippen molar-refractivity contribution in [3.05, 3.63) is 24.0 Å². The zero-order valence-electron chi connectivity index (χ0n) is 11.7. The normalized spacial score (nSPS) is 19.1. The molecule has 0 fully saturated rings. The second-order valence-electron chi connectivity index (χ2n) is 4.64. The average Bonchev–Trinajstić information content (AvgIpc) is 2.75. The molecule has 5 heteroatoms. The molecule has 1 amide bonds. The number of aromatic nitrogens is 1. The van der Waals surface area contributed by atoms with Crippen LogP contribution in [0.2, 0.25) is 0 Å². The fourth-order valence-electron chi connectivity index (χ4n) is 2.37. The van der Waals surface area contributed by atoms with Gasteiger partial charge in [-0.05, 0) is 26.0 Å². The van der Waals surface area contributed by atoms with Crippen LogP contribution in [0.25, 0.3) is 0 Å². The van der Waals surface area contributed by atoms with Gasteiger partial charge in [0.15, 0.2) is 0 Å². The van der Waals surface area contributed by atoms with Crippen LogP contribution in [0.5, 0.6) is 0 Å². The number of carbonyl (C=O) groups is 1. The van der Waals surface area contributed by atoms with Crippen molar-refractivity contribution in [2.75, 3.05) is 26.4 Å². The van der Waals surface area contributed by atoms with Crippen molar-refractivity contribution in [2.24, 2.45) is 0 Å². The number of ether oxygens (including phenoxy) is 2. The Hall–Kier alpha value is -1.33. The molecule has 1 aromatic heterocycles. The van der Waals surface area contributed by atoms with E-state index in [1.165, 1.54) is 0 Å². The molecule has 0 N–H and O–H groups in total. The predicted molar refractivity (Wildman–Crippen MR) is 71.8 cm³/mol. The van der Waals surface area contributed by atoms with Crippen molar-refractivity contribution < 1.29 is 14.3 Å². The van der Waals surface area contributed by atoms with Crippen molar-refractivity contribution in [1.82, 2.24) is 9.47 Å². The minimum absolute atomic E-state index is 0.0289. The lowest BCUT2D eigenvalue weighted by atomic mass is 10.3. The number of rotatable bonds is 5. The van der Waals surface area contributed by atoms with Gasteiger partial charge in [0.2, 0.25) is 5.91 Å². The smallest absolute Gasteiger partial charge is 0.249 e. The molecule has 1 atom stereocenters. The van der Waals surface area contributed by atoms with Gasteiger partial charge >= 0.3 is 0 Å². The Kier molecular flexibility index (Phi) is 4.99. The quantitative estimate of drug-likeness (QED) is 0.806. The number of hydrogen-bond acceptors (Lipinski definition) is 3. The van der Waals surface area contributed by atoms with Crippen LogP contribution in [-0.4, -0.2) is 47.8 Å². The summed E-state index contributed by atoms with van der Waals surface area (Å²) in [7, 11) is 0. The van der Waals surface area contributed by atoms with Crippen LogP contribution in [0.3, 0.4) is 0 Å². The molecule has 1 aromatic rings.